The van der Waals surface area contributed by atoms with Crippen LogP contribution in [0.1, 0.15) is 90.9 Å². The van der Waals surface area contributed by atoms with Gasteiger partial charge in [-0.25, -0.2) is 13.2 Å². The second kappa shape index (κ2) is 35.5. The maximum Gasteiger partial charge on any atom is 0.126 e. The molecule has 0 N–H and O–H groups in total. The summed E-state index contributed by atoms with van der Waals surface area (Å²) >= 11 is 11.4. The molecule has 0 radical (unpaired) electrons. The van der Waals surface area contributed by atoms with E-state index in [9.17, 15) is 13.2 Å². The van der Waals surface area contributed by atoms with Gasteiger partial charge < -0.3 is 0 Å². The first kappa shape index (κ1) is 63.5. The molecule has 7 aromatic rings. The van der Waals surface area contributed by atoms with Gasteiger partial charge in [0.25, 0.3) is 0 Å². The van der Waals surface area contributed by atoms with E-state index in [2.05, 4.69) is 70.2 Å². The predicted molar refractivity (Wildman–Crippen MR) is 274 cm³/mol. The zero-order chi connectivity index (χ0) is 43.6. The summed E-state index contributed by atoms with van der Waals surface area (Å²) in [7, 11) is 0. The zero-order valence-electron chi connectivity index (χ0n) is 35.9. The summed E-state index contributed by atoms with van der Waals surface area (Å²) in [4.78, 5) is 0. The fraction of sp³-hybridized carbons (Fsp3) is 0.263. The first-order chi connectivity index (χ1) is 27.4. The van der Waals surface area contributed by atoms with Gasteiger partial charge in [-0.15, -0.1) is 0 Å². The van der Waals surface area contributed by atoms with Crippen molar-refractivity contribution in [3.8, 4) is 0 Å². The molecule has 0 aliphatic carbocycles. The molecule has 0 spiro atoms. The lowest BCUT2D eigenvalue weighted by atomic mass is 10.1. The highest BCUT2D eigenvalue weighted by atomic mass is 35.5. The molecule has 5 heteroatoms. The van der Waals surface area contributed by atoms with Gasteiger partial charge in [0.1, 0.15) is 17.5 Å². The Morgan fingerprint density at radius 3 is 0.855 bits per heavy atom. The summed E-state index contributed by atoms with van der Waals surface area (Å²) in [5.74, 6) is -0.420. The van der Waals surface area contributed by atoms with Gasteiger partial charge in [-0.3, -0.25) is 0 Å². The van der Waals surface area contributed by atoms with Crippen LogP contribution in [0.15, 0.2) is 158 Å². The Balaban J connectivity index is -0.000000314. The average Bonchev–Trinajstić information content (AvgIpc) is 3.17. The van der Waals surface area contributed by atoms with Gasteiger partial charge in [-0.05, 0) is 135 Å². The molecule has 0 fully saturated rings. The van der Waals surface area contributed by atoms with E-state index in [0.29, 0.717) is 0 Å². The fourth-order valence-electron chi connectivity index (χ4n) is 4.79. The maximum absolute atomic E-state index is 12.5. The Kier molecular flexibility index (Phi) is 36.4. The van der Waals surface area contributed by atoms with Crippen LogP contribution in [-0.4, -0.2) is 0 Å². The first-order valence-corrected chi connectivity index (χ1v) is 19.8. The molecule has 62 heavy (non-hydrogen) atoms. The lowest BCUT2D eigenvalue weighted by Crippen LogP contribution is -1.81. The highest BCUT2D eigenvalue weighted by Gasteiger charge is 1.94. The van der Waals surface area contributed by atoms with E-state index >= 15 is 0 Å². The van der Waals surface area contributed by atoms with Gasteiger partial charge in [0.15, 0.2) is 0 Å². The molecule has 0 heterocycles. The van der Waals surface area contributed by atoms with Crippen molar-refractivity contribution in [3.05, 3.63) is 246 Å². The molecule has 0 amide bonds. The summed E-state index contributed by atoms with van der Waals surface area (Å²) in [6.45, 7) is 21.8. The van der Waals surface area contributed by atoms with Crippen molar-refractivity contribution in [1.82, 2.24) is 0 Å². The fourth-order valence-corrected chi connectivity index (χ4v) is 5.04. The predicted octanol–water partition coefficient (Wildman–Crippen LogP) is 19.5. The summed E-state index contributed by atoms with van der Waals surface area (Å²) in [5, 5.41) is 1.65. The van der Waals surface area contributed by atoms with Crippen LogP contribution in [0.3, 0.4) is 0 Å². The van der Waals surface area contributed by atoms with E-state index in [0.717, 1.165) is 43.4 Å². The number of rotatable bonds is 0. The molecule has 0 aliphatic heterocycles. The number of hydrogen-bond donors (Lipinski definition) is 0. The average molecular weight is 888 g/mol. The Bertz CT molecular complexity index is 1960. The monoisotopic (exact) mass is 887 g/mol. The van der Waals surface area contributed by atoms with Crippen LogP contribution < -0.4 is 0 Å². The molecular weight excluding hydrogens is 813 g/mol. The summed E-state index contributed by atoms with van der Waals surface area (Å²) < 4.78 is 37.1. The van der Waals surface area contributed by atoms with Crippen LogP contribution in [0, 0.1) is 93.6 Å². The minimum Gasteiger partial charge on any atom is -0.207 e. The molecule has 0 bridgehead atoms. The van der Waals surface area contributed by atoms with E-state index in [1.54, 1.807) is 38.1 Å². The Labute approximate surface area is 386 Å². The van der Waals surface area contributed by atoms with E-state index in [-0.39, 0.29) is 47.2 Å². The van der Waals surface area contributed by atoms with Gasteiger partial charge in [-0.1, -0.05) is 213 Å². The lowest BCUT2D eigenvalue weighted by Gasteiger charge is -1.96. The Hall–Kier alpha value is -5.09. The maximum atomic E-state index is 12.5. The molecule has 0 aliphatic rings. The lowest BCUT2D eigenvalue weighted by molar-refractivity contribution is 0.617. The van der Waals surface area contributed by atoms with E-state index in [1.165, 1.54) is 52.1 Å². The number of halogens is 5. The van der Waals surface area contributed by atoms with Gasteiger partial charge in [0.2, 0.25) is 0 Å². The van der Waals surface area contributed by atoms with Gasteiger partial charge >= 0.3 is 0 Å². The molecule has 0 atom stereocenters. The van der Waals surface area contributed by atoms with Crippen LogP contribution in [0.5, 0.6) is 0 Å². The van der Waals surface area contributed by atoms with Gasteiger partial charge in [-0.2, -0.15) is 0 Å². The largest absolute Gasteiger partial charge is 0.207 e. The number of benzene rings is 7. The molecule has 0 aromatic heterocycles. The van der Waals surface area contributed by atoms with E-state index < -0.39 is 0 Å². The molecule has 338 valence electrons. The smallest absolute Gasteiger partial charge is 0.126 e. The summed E-state index contributed by atoms with van der Waals surface area (Å²) in [6.07, 6.45) is 0. The second-order valence-corrected chi connectivity index (χ2v) is 15.0. The summed E-state index contributed by atoms with van der Waals surface area (Å²) in [6, 6.07) is 49.0. The highest BCUT2D eigenvalue weighted by Crippen LogP contribution is 2.15. The van der Waals surface area contributed by atoms with Crippen molar-refractivity contribution >= 4 is 23.2 Å². The second-order valence-electron chi connectivity index (χ2n) is 14.2. The third-order valence-corrected chi connectivity index (χ3v) is 8.75. The SMILES string of the molecule is C.C.C.C.Cc1ccc(Cl)c(C)c1.Cc1ccc(Cl)cc1.Cc1ccc(F)c(C)c1.Cc1ccc(F)c(C)c1.Cc1ccc(F)cc1.Cc1cccc(C)c1.Cc1ccccc1. The van der Waals surface area contributed by atoms with Crippen LogP contribution in [0.25, 0.3) is 0 Å². The Morgan fingerprint density at radius 1 is 0.290 bits per heavy atom. The minimum atomic E-state index is -0.171. The highest BCUT2D eigenvalue weighted by molar-refractivity contribution is 6.31. The standard InChI is InChI=1S/C8H9Cl.2C8H9F.C8H10.C7H7Cl.C7H7F.C7H8.4CH4/c3*1-6-3-4-8(9)7(2)5-6;1-7-4-3-5-8(2)6-7;2*1-6-2-4-7(8)5-3-6;1-7-5-3-2-4-6-7;;;;/h3*3-5H,1-2H3;3-6H,1-2H3;2*2-5H,1H3;2-6H,1H3;4*1H4. The third kappa shape index (κ3) is 30.9. The van der Waals surface area contributed by atoms with Crippen LogP contribution >= 0.6 is 23.2 Å². The zero-order valence-corrected chi connectivity index (χ0v) is 37.4. The van der Waals surface area contributed by atoms with Crippen molar-refractivity contribution in [2.45, 2.75) is 106 Å². The van der Waals surface area contributed by atoms with Crippen LogP contribution in [-0.2, 0) is 0 Å². The van der Waals surface area contributed by atoms with E-state index in [1.807, 2.05) is 101 Å². The molecule has 7 aromatic carbocycles. The summed E-state index contributed by atoms with van der Waals surface area (Å²) in [5.41, 5.74) is 12.4. The molecule has 7 rings (SSSR count). The molecular formula is C57H75Cl2F3. The number of hydrogen-bond acceptors (Lipinski definition) is 0. The normalized spacial score (nSPS) is 8.77. The van der Waals surface area contributed by atoms with Crippen molar-refractivity contribution in [2.24, 2.45) is 0 Å². The van der Waals surface area contributed by atoms with Crippen molar-refractivity contribution in [2.75, 3.05) is 0 Å². The molecule has 0 saturated heterocycles. The van der Waals surface area contributed by atoms with Crippen LogP contribution in [0.2, 0.25) is 10.0 Å². The van der Waals surface area contributed by atoms with Crippen molar-refractivity contribution < 1.29 is 13.2 Å². The first-order valence-electron chi connectivity index (χ1n) is 19.0. The number of aryl methyl sites for hydroxylation is 11. The van der Waals surface area contributed by atoms with Gasteiger partial charge in [0.05, 0.1) is 0 Å². The third-order valence-electron chi connectivity index (χ3n) is 8.08. The van der Waals surface area contributed by atoms with Crippen molar-refractivity contribution in [3.63, 3.8) is 0 Å². The molecule has 0 saturated carbocycles. The van der Waals surface area contributed by atoms with E-state index in [4.69, 9.17) is 23.2 Å². The van der Waals surface area contributed by atoms with Crippen molar-refractivity contribution in [1.29, 1.82) is 0 Å². The van der Waals surface area contributed by atoms with Gasteiger partial charge in [0, 0.05) is 10.0 Å². The Morgan fingerprint density at radius 2 is 0.597 bits per heavy atom. The topological polar surface area (TPSA) is 0 Å². The molecule has 0 unspecified atom stereocenters. The minimum absolute atomic E-state index is 0. The quantitative estimate of drug-likeness (QED) is 0.142. The van der Waals surface area contributed by atoms with Crippen LogP contribution in [0.4, 0.5) is 13.2 Å². The molecule has 0 nitrogen and oxygen atoms in total.